The average Bonchev–Trinajstić information content (AvgIpc) is 2.11. The molecule has 1 aromatic rings. The Labute approximate surface area is 82.2 Å². The van der Waals surface area contributed by atoms with Crippen molar-refractivity contribution in [3.63, 3.8) is 0 Å². The number of nitrogens with two attached hydrogens (primary N) is 2. The maximum absolute atomic E-state index is 11.2. The molecule has 1 aromatic carbocycles. The predicted molar refractivity (Wildman–Crippen MR) is 55.7 cm³/mol. The van der Waals surface area contributed by atoms with Gasteiger partial charge in [-0.1, -0.05) is 12.6 Å². The van der Waals surface area contributed by atoms with Gasteiger partial charge in [0.15, 0.2) is 5.75 Å². The molecule has 0 saturated carbocycles. The summed E-state index contributed by atoms with van der Waals surface area (Å²) in [6.07, 6.45) is 0. The summed E-state index contributed by atoms with van der Waals surface area (Å²) >= 11 is 0. The predicted octanol–water partition coefficient (Wildman–Crippen LogP) is 1.33. The summed E-state index contributed by atoms with van der Waals surface area (Å²) < 4.78 is 4.95. The monoisotopic (exact) mass is 192 g/mol. The first-order chi connectivity index (χ1) is 6.52. The number of benzene rings is 1. The largest absolute Gasteiger partial charge is 0.419 e. The second-order valence-corrected chi connectivity index (χ2v) is 2.94. The van der Waals surface area contributed by atoms with Gasteiger partial charge < -0.3 is 16.2 Å². The van der Waals surface area contributed by atoms with Gasteiger partial charge in [0.2, 0.25) is 0 Å². The van der Waals surface area contributed by atoms with Gasteiger partial charge in [-0.2, -0.15) is 0 Å². The van der Waals surface area contributed by atoms with Gasteiger partial charge in [0.25, 0.3) is 0 Å². The topological polar surface area (TPSA) is 78.3 Å². The van der Waals surface area contributed by atoms with Crippen LogP contribution in [0.4, 0.5) is 11.4 Å². The lowest BCUT2D eigenvalue weighted by atomic mass is 10.2. The van der Waals surface area contributed by atoms with E-state index in [4.69, 9.17) is 16.2 Å². The van der Waals surface area contributed by atoms with Gasteiger partial charge in [-0.15, -0.1) is 0 Å². The van der Waals surface area contributed by atoms with E-state index in [1.54, 1.807) is 25.1 Å². The third-order valence-electron chi connectivity index (χ3n) is 1.62. The third kappa shape index (κ3) is 2.04. The minimum atomic E-state index is -0.533. The zero-order valence-corrected chi connectivity index (χ0v) is 7.91. The van der Waals surface area contributed by atoms with Crippen molar-refractivity contribution < 1.29 is 9.53 Å². The van der Waals surface area contributed by atoms with Crippen molar-refractivity contribution in [3.05, 3.63) is 30.4 Å². The highest BCUT2D eigenvalue weighted by atomic mass is 16.5. The smallest absolute Gasteiger partial charge is 0.338 e. The quantitative estimate of drug-likeness (QED) is 0.320. The normalized spacial score (nSPS) is 9.50. The van der Waals surface area contributed by atoms with Gasteiger partial charge in [-0.25, -0.2) is 4.79 Å². The molecule has 0 spiro atoms. The molecule has 0 aromatic heterocycles. The van der Waals surface area contributed by atoms with Crippen molar-refractivity contribution in [2.75, 3.05) is 11.5 Å². The summed E-state index contributed by atoms with van der Waals surface area (Å²) in [5.41, 5.74) is 12.1. The number of rotatable bonds is 2. The Morgan fingerprint density at radius 3 is 2.29 bits per heavy atom. The summed E-state index contributed by atoms with van der Waals surface area (Å²) in [5.74, 6) is -0.338. The van der Waals surface area contributed by atoms with E-state index in [-0.39, 0.29) is 5.75 Å². The lowest BCUT2D eigenvalue weighted by Gasteiger charge is -2.08. The summed E-state index contributed by atoms with van der Waals surface area (Å²) in [7, 11) is 0. The molecule has 0 atom stereocenters. The van der Waals surface area contributed by atoms with Crippen LogP contribution in [0, 0.1) is 0 Å². The third-order valence-corrected chi connectivity index (χ3v) is 1.62. The fraction of sp³-hybridized carbons (Fsp3) is 0.100. The summed E-state index contributed by atoms with van der Waals surface area (Å²) in [6.45, 7) is 5.01. The van der Waals surface area contributed by atoms with Crippen LogP contribution in [0.5, 0.6) is 5.75 Å². The van der Waals surface area contributed by atoms with Crippen LogP contribution >= 0.6 is 0 Å². The van der Waals surface area contributed by atoms with Gasteiger partial charge in [0, 0.05) is 5.57 Å². The fourth-order valence-electron chi connectivity index (χ4n) is 0.871. The van der Waals surface area contributed by atoms with Crippen LogP contribution in [0.25, 0.3) is 0 Å². The van der Waals surface area contributed by atoms with E-state index in [1.165, 1.54) is 0 Å². The van der Waals surface area contributed by atoms with Crippen LogP contribution in [0.15, 0.2) is 30.4 Å². The van der Waals surface area contributed by atoms with Gasteiger partial charge >= 0.3 is 5.97 Å². The number of carbonyl (C=O) groups is 1. The Morgan fingerprint density at radius 2 is 1.86 bits per heavy atom. The molecular formula is C10H12N2O2. The van der Waals surface area contributed by atoms with Crippen LogP contribution in [0.3, 0.4) is 0 Å². The van der Waals surface area contributed by atoms with E-state index in [2.05, 4.69) is 6.58 Å². The lowest BCUT2D eigenvalue weighted by molar-refractivity contribution is -0.129. The molecule has 0 aliphatic rings. The Bertz CT molecular complexity index is 365. The first kappa shape index (κ1) is 10.1. The molecule has 0 fully saturated rings. The number of ether oxygens (including phenoxy) is 1. The SMILES string of the molecule is C=C(C)C(=O)Oc1c(N)cccc1N. The van der Waals surface area contributed by atoms with Gasteiger partial charge in [-0.3, -0.25) is 0 Å². The van der Waals surface area contributed by atoms with Gasteiger partial charge in [-0.05, 0) is 19.1 Å². The molecule has 0 amide bonds. The fourth-order valence-corrected chi connectivity index (χ4v) is 0.871. The van der Waals surface area contributed by atoms with Crippen molar-refractivity contribution in [2.45, 2.75) is 6.92 Å². The molecular weight excluding hydrogens is 180 g/mol. The molecule has 4 heteroatoms. The van der Waals surface area contributed by atoms with Crippen LogP contribution < -0.4 is 16.2 Å². The van der Waals surface area contributed by atoms with Crippen molar-refractivity contribution >= 4 is 17.3 Å². The number of hydrogen-bond acceptors (Lipinski definition) is 4. The van der Waals surface area contributed by atoms with Crippen molar-refractivity contribution in [1.29, 1.82) is 0 Å². The molecule has 0 aliphatic heterocycles. The lowest BCUT2D eigenvalue weighted by Crippen LogP contribution is -2.11. The maximum Gasteiger partial charge on any atom is 0.338 e. The Morgan fingerprint density at radius 1 is 1.36 bits per heavy atom. The van der Waals surface area contributed by atoms with Crippen molar-refractivity contribution in [1.82, 2.24) is 0 Å². The van der Waals surface area contributed by atoms with Crippen LogP contribution in [0.1, 0.15) is 6.92 Å². The number of anilines is 2. The maximum atomic E-state index is 11.2. The molecule has 0 heterocycles. The molecule has 1 rings (SSSR count). The highest BCUT2D eigenvalue weighted by Gasteiger charge is 2.10. The highest BCUT2D eigenvalue weighted by Crippen LogP contribution is 2.28. The summed E-state index contributed by atoms with van der Waals surface area (Å²) in [5, 5.41) is 0. The first-order valence-corrected chi connectivity index (χ1v) is 4.04. The molecule has 0 saturated heterocycles. The van der Waals surface area contributed by atoms with Crippen LogP contribution in [-0.4, -0.2) is 5.97 Å². The Balaban J connectivity index is 2.97. The second kappa shape index (κ2) is 3.83. The molecule has 4 nitrogen and oxygen atoms in total. The molecule has 0 aliphatic carbocycles. The van der Waals surface area contributed by atoms with Crippen LogP contribution in [-0.2, 0) is 4.79 Å². The standard InChI is InChI=1S/C10H12N2O2/c1-6(2)10(13)14-9-7(11)4-3-5-8(9)12/h3-5H,1,11-12H2,2H3. The molecule has 74 valence electrons. The molecule has 14 heavy (non-hydrogen) atoms. The Hall–Kier alpha value is -1.97. The highest BCUT2D eigenvalue weighted by molar-refractivity contribution is 5.90. The van der Waals surface area contributed by atoms with Gasteiger partial charge in [0.1, 0.15) is 0 Å². The van der Waals surface area contributed by atoms with E-state index in [1.807, 2.05) is 0 Å². The number of carbonyl (C=O) groups excluding carboxylic acids is 1. The molecule has 0 radical (unpaired) electrons. The van der Waals surface area contributed by atoms with Crippen molar-refractivity contribution in [2.24, 2.45) is 0 Å². The van der Waals surface area contributed by atoms with E-state index < -0.39 is 5.97 Å². The molecule has 4 N–H and O–H groups in total. The van der Waals surface area contributed by atoms with E-state index in [0.717, 1.165) is 0 Å². The van der Waals surface area contributed by atoms with Gasteiger partial charge in [0.05, 0.1) is 11.4 Å². The van der Waals surface area contributed by atoms with Crippen molar-refractivity contribution in [3.8, 4) is 5.75 Å². The second-order valence-electron chi connectivity index (χ2n) is 2.94. The minimum Gasteiger partial charge on any atom is -0.419 e. The summed E-state index contributed by atoms with van der Waals surface area (Å²) in [4.78, 5) is 11.2. The zero-order valence-electron chi connectivity index (χ0n) is 7.91. The number of nitrogen functional groups attached to an aromatic ring is 2. The Kier molecular flexibility index (Phi) is 2.76. The van der Waals surface area contributed by atoms with E-state index >= 15 is 0 Å². The zero-order chi connectivity index (χ0) is 10.7. The molecule has 0 unspecified atom stereocenters. The number of esters is 1. The molecule has 0 bridgehead atoms. The van der Waals surface area contributed by atoms with Crippen LogP contribution in [0.2, 0.25) is 0 Å². The van der Waals surface area contributed by atoms with E-state index in [0.29, 0.717) is 16.9 Å². The summed E-state index contributed by atoms with van der Waals surface area (Å²) in [6, 6.07) is 4.90. The number of para-hydroxylation sites is 1. The van der Waals surface area contributed by atoms with E-state index in [9.17, 15) is 4.79 Å². The average molecular weight is 192 g/mol. The minimum absolute atomic E-state index is 0.195. The first-order valence-electron chi connectivity index (χ1n) is 4.04. The number of hydrogen-bond donors (Lipinski definition) is 2.